The monoisotopic (exact) mass is 412 g/mol. The fraction of sp³-hybridized carbons (Fsp3) is 0.0909. The van der Waals surface area contributed by atoms with Crippen LogP contribution in [0, 0.1) is 6.92 Å². The zero-order valence-corrected chi connectivity index (χ0v) is 15.7. The van der Waals surface area contributed by atoms with Crippen LogP contribution in [-0.4, -0.2) is 11.8 Å². The quantitative estimate of drug-likeness (QED) is 0.500. The second-order valence-corrected chi connectivity index (χ2v) is 6.76. The van der Waals surface area contributed by atoms with Crippen LogP contribution in [0.15, 0.2) is 70.7 Å². The van der Waals surface area contributed by atoms with E-state index in [1.165, 1.54) is 30.3 Å². The molecule has 0 aliphatic carbocycles. The van der Waals surface area contributed by atoms with Gasteiger partial charge in [-0.15, -0.1) is 0 Å². The Morgan fingerprint density at radius 2 is 1.77 bits per heavy atom. The number of hydrogen-bond donors (Lipinski definition) is 1. The van der Waals surface area contributed by atoms with E-state index in [-0.39, 0.29) is 22.7 Å². The Hall–Kier alpha value is -3.81. The molecule has 3 aromatic rings. The molecule has 0 saturated carbocycles. The predicted molar refractivity (Wildman–Crippen MR) is 104 cm³/mol. The van der Waals surface area contributed by atoms with Gasteiger partial charge < -0.3 is 4.42 Å². The average molecular weight is 412 g/mol. The molecular weight excluding hydrogens is 397 g/mol. The summed E-state index contributed by atoms with van der Waals surface area (Å²) in [5, 5.41) is 1.14. The largest absolute Gasteiger partial charge is 0.457 e. The van der Waals surface area contributed by atoms with Crippen molar-refractivity contribution in [2.75, 3.05) is 5.01 Å². The van der Waals surface area contributed by atoms with Gasteiger partial charge in [0.15, 0.2) is 0 Å². The molecule has 2 heterocycles. The number of hydrazine groups is 1. The van der Waals surface area contributed by atoms with E-state index in [1.54, 1.807) is 18.2 Å². The smallest absolute Gasteiger partial charge is 0.416 e. The highest BCUT2D eigenvalue weighted by molar-refractivity contribution is 6.31. The van der Waals surface area contributed by atoms with E-state index in [9.17, 15) is 22.8 Å². The van der Waals surface area contributed by atoms with Crippen molar-refractivity contribution >= 4 is 23.6 Å². The first-order valence-electron chi connectivity index (χ1n) is 8.94. The summed E-state index contributed by atoms with van der Waals surface area (Å²) in [7, 11) is 0. The lowest BCUT2D eigenvalue weighted by atomic mass is 10.1. The summed E-state index contributed by atoms with van der Waals surface area (Å²) in [5.41, 5.74) is 3.23. The van der Waals surface area contributed by atoms with Crippen molar-refractivity contribution < 1.29 is 27.2 Å². The number of alkyl halides is 3. The lowest BCUT2D eigenvalue weighted by molar-refractivity contribution is -0.137. The van der Waals surface area contributed by atoms with Crippen molar-refractivity contribution in [3.63, 3.8) is 0 Å². The molecule has 8 heteroatoms. The molecule has 30 heavy (non-hydrogen) atoms. The third kappa shape index (κ3) is 3.71. The molecule has 1 N–H and O–H groups in total. The van der Waals surface area contributed by atoms with Crippen LogP contribution in [0.4, 0.5) is 18.9 Å². The summed E-state index contributed by atoms with van der Waals surface area (Å²) < 4.78 is 44.3. The topological polar surface area (TPSA) is 62.6 Å². The van der Waals surface area contributed by atoms with Gasteiger partial charge in [0.2, 0.25) is 0 Å². The van der Waals surface area contributed by atoms with E-state index >= 15 is 0 Å². The van der Waals surface area contributed by atoms with E-state index in [1.807, 2.05) is 13.0 Å². The van der Waals surface area contributed by atoms with Crippen LogP contribution < -0.4 is 10.4 Å². The molecule has 2 amide bonds. The Bertz CT molecular complexity index is 1180. The van der Waals surface area contributed by atoms with Gasteiger partial charge in [-0.3, -0.25) is 15.0 Å². The minimum absolute atomic E-state index is 0.138. The molecule has 0 radical (unpaired) electrons. The van der Waals surface area contributed by atoms with Crippen LogP contribution in [0.5, 0.6) is 0 Å². The predicted octanol–water partition coefficient (Wildman–Crippen LogP) is 4.74. The number of carbonyl (C=O) groups excluding carboxylic acids is 2. The number of nitrogens with one attached hydrogen (secondary N) is 1. The SMILES string of the molecule is Cc1cccc(N2NC(=O)/C(=C/c3ccc(-c4cccc(C(F)(F)F)c4)o3)C2=O)c1. The highest BCUT2D eigenvalue weighted by atomic mass is 19.4. The number of anilines is 1. The number of rotatable bonds is 3. The van der Waals surface area contributed by atoms with Gasteiger partial charge in [-0.05, 0) is 55.0 Å². The minimum Gasteiger partial charge on any atom is -0.457 e. The molecule has 1 aliphatic heterocycles. The summed E-state index contributed by atoms with van der Waals surface area (Å²) in [6.07, 6.45) is -3.20. The molecule has 4 rings (SSSR count). The molecule has 1 fully saturated rings. The normalized spacial score (nSPS) is 15.7. The van der Waals surface area contributed by atoms with Crippen molar-refractivity contribution in [2.45, 2.75) is 13.1 Å². The molecule has 152 valence electrons. The summed E-state index contributed by atoms with van der Waals surface area (Å²) in [6, 6.07) is 14.7. The molecular formula is C22H15F3N2O3. The molecule has 5 nitrogen and oxygen atoms in total. The second-order valence-electron chi connectivity index (χ2n) is 6.76. The van der Waals surface area contributed by atoms with Gasteiger partial charge in [0, 0.05) is 5.56 Å². The van der Waals surface area contributed by atoms with Crippen LogP contribution >= 0.6 is 0 Å². The van der Waals surface area contributed by atoms with E-state index in [0.29, 0.717) is 5.69 Å². The summed E-state index contributed by atoms with van der Waals surface area (Å²) in [4.78, 5) is 25.0. The Morgan fingerprint density at radius 1 is 1.00 bits per heavy atom. The number of amides is 2. The molecule has 1 saturated heterocycles. The Balaban J connectivity index is 1.61. The number of aryl methyl sites for hydroxylation is 1. The minimum atomic E-state index is -4.47. The standard InChI is InChI=1S/C22H15F3N2O3/c1-13-4-2-7-16(10-13)27-21(29)18(20(28)26-27)12-17-8-9-19(30-17)14-5-3-6-15(11-14)22(23,24)25/h2-12H,1H3,(H,26,28)/b18-12-. The average Bonchev–Trinajstić information content (AvgIpc) is 3.28. The highest BCUT2D eigenvalue weighted by Crippen LogP contribution is 2.33. The van der Waals surface area contributed by atoms with Crippen molar-refractivity contribution in [3.8, 4) is 11.3 Å². The molecule has 2 aromatic carbocycles. The van der Waals surface area contributed by atoms with Gasteiger partial charge in [-0.1, -0.05) is 24.3 Å². The number of benzene rings is 2. The van der Waals surface area contributed by atoms with Gasteiger partial charge in [0.1, 0.15) is 17.1 Å². The number of carbonyl (C=O) groups is 2. The van der Waals surface area contributed by atoms with E-state index in [4.69, 9.17) is 4.42 Å². The van der Waals surface area contributed by atoms with Gasteiger partial charge >= 0.3 is 6.18 Å². The van der Waals surface area contributed by atoms with Crippen molar-refractivity contribution in [1.29, 1.82) is 0 Å². The zero-order valence-electron chi connectivity index (χ0n) is 15.7. The van der Waals surface area contributed by atoms with Crippen molar-refractivity contribution in [1.82, 2.24) is 5.43 Å². The summed E-state index contributed by atoms with van der Waals surface area (Å²) >= 11 is 0. The lowest BCUT2D eigenvalue weighted by Gasteiger charge is -2.14. The van der Waals surface area contributed by atoms with Crippen LogP contribution in [0.1, 0.15) is 16.9 Å². The molecule has 0 unspecified atom stereocenters. The second kappa shape index (κ2) is 7.22. The van der Waals surface area contributed by atoms with E-state index in [2.05, 4.69) is 5.43 Å². The number of hydrogen-bond acceptors (Lipinski definition) is 3. The Labute approximate surface area is 169 Å². The number of halogens is 3. The molecule has 1 aromatic heterocycles. The third-order valence-corrected chi connectivity index (χ3v) is 4.54. The van der Waals surface area contributed by atoms with E-state index in [0.717, 1.165) is 22.7 Å². The fourth-order valence-electron chi connectivity index (χ4n) is 3.08. The maximum absolute atomic E-state index is 12.9. The van der Waals surface area contributed by atoms with Crippen molar-refractivity contribution in [2.24, 2.45) is 0 Å². The number of furan rings is 1. The maximum atomic E-state index is 12.9. The fourth-order valence-corrected chi connectivity index (χ4v) is 3.08. The maximum Gasteiger partial charge on any atom is 0.416 e. The van der Waals surface area contributed by atoms with Crippen LogP contribution in [0.25, 0.3) is 17.4 Å². The molecule has 1 aliphatic rings. The lowest BCUT2D eigenvalue weighted by Crippen LogP contribution is -2.35. The van der Waals surface area contributed by atoms with Gasteiger partial charge in [-0.2, -0.15) is 13.2 Å². The zero-order chi connectivity index (χ0) is 21.5. The molecule has 0 atom stereocenters. The van der Waals surface area contributed by atoms with Crippen molar-refractivity contribution in [3.05, 3.63) is 83.1 Å². The molecule has 0 bridgehead atoms. The number of nitrogens with zero attached hydrogens (tertiary/aromatic N) is 1. The molecule has 0 spiro atoms. The van der Waals surface area contributed by atoms with Crippen LogP contribution in [0.2, 0.25) is 0 Å². The van der Waals surface area contributed by atoms with Crippen LogP contribution in [0.3, 0.4) is 0 Å². The summed E-state index contributed by atoms with van der Waals surface area (Å²) in [6.45, 7) is 1.86. The van der Waals surface area contributed by atoms with Gasteiger partial charge in [-0.25, -0.2) is 5.01 Å². The Kier molecular flexibility index (Phi) is 4.69. The summed E-state index contributed by atoms with van der Waals surface area (Å²) in [5.74, 6) is -0.789. The third-order valence-electron chi connectivity index (χ3n) is 4.54. The Morgan fingerprint density at radius 3 is 2.50 bits per heavy atom. The first kappa shape index (κ1) is 19.5. The first-order chi connectivity index (χ1) is 14.2. The van der Waals surface area contributed by atoms with E-state index < -0.39 is 23.6 Å². The highest BCUT2D eigenvalue weighted by Gasteiger charge is 2.35. The first-order valence-corrected chi connectivity index (χ1v) is 8.94. The van der Waals surface area contributed by atoms with Gasteiger partial charge in [0.25, 0.3) is 11.8 Å². The van der Waals surface area contributed by atoms with Crippen LogP contribution in [-0.2, 0) is 15.8 Å². The van der Waals surface area contributed by atoms with Gasteiger partial charge in [0.05, 0.1) is 11.3 Å².